The van der Waals surface area contributed by atoms with Gasteiger partial charge in [0.05, 0.1) is 13.2 Å². The molecule has 0 aliphatic heterocycles. The van der Waals surface area contributed by atoms with Crippen molar-refractivity contribution >= 4 is 11.9 Å². The Hall–Kier alpha value is -1.06. The zero-order chi connectivity index (χ0) is 30.8. The molecule has 0 rings (SSSR count). The van der Waals surface area contributed by atoms with Crippen molar-refractivity contribution < 1.29 is 19.1 Å². The molecule has 0 aliphatic carbocycles. The minimum absolute atomic E-state index is 0.00347. The topological polar surface area (TPSA) is 52.6 Å². The van der Waals surface area contributed by atoms with Crippen molar-refractivity contribution in [2.45, 2.75) is 213 Å². The molecule has 0 aromatic rings. The van der Waals surface area contributed by atoms with E-state index in [1.165, 1.54) is 154 Å². The Balaban J connectivity index is 3.26. The normalized spacial score (nSPS) is 11.3. The molecule has 0 saturated carbocycles. The molecule has 0 unspecified atom stereocenters. The molecule has 4 nitrogen and oxygen atoms in total. The number of ether oxygens (including phenoxy) is 2. The molecule has 0 spiro atoms. The predicted octanol–water partition coefficient (Wildman–Crippen LogP) is 12.5. The van der Waals surface area contributed by atoms with Gasteiger partial charge in [0.15, 0.2) is 0 Å². The Kier molecular flexibility index (Phi) is 33.6. The van der Waals surface area contributed by atoms with Crippen LogP contribution >= 0.6 is 0 Å². The third-order valence-electron chi connectivity index (χ3n) is 8.68. The standard InChI is InChI=1S/C38H74O4/c1-4-6-8-28-34-41-37(39)32-26-22-18-14-10-12-16-20-24-30-36(3)31-25-21-17-13-11-15-19-23-27-33-38(40)42-35-29-9-7-5-2/h36H,4-35H2,1-3H3. The second-order valence-corrected chi connectivity index (χ2v) is 13.1. The highest BCUT2D eigenvalue weighted by Crippen LogP contribution is 2.19. The fourth-order valence-corrected chi connectivity index (χ4v) is 5.72. The van der Waals surface area contributed by atoms with Gasteiger partial charge in [-0.05, 0) is 31.6 Å². The quantitative estimate of drug-likeness (QED) is 0.0549. The fraction of sp³-hybridized carbons (Fsp3) is 0.947. The molecule has 4 heteroatoms. The molecule has 0 N–H and O–H groups in total. The summed E-state index contributed by atoms with van der Waals surface area (Å²) in [5.41, 5.74) is 0. The van der Waals surface area contributed by atoms with Gasteiger partial charge in [-0.2, -0.15) is 0 Å². The van der Waals surface area contributed by atoms with Crippen LogP contribution in [0.2, 0.25) is 0 Å². The first-order chi connectivity index (χ1) is 20.6. The molecular formula is C38H74O4. The minimum Gasteiger partial charge on any atom is -0.466 e. The maximum atomic E-state index is 11.7. The third kappa shape index (κ3) is 33.4. The van der Waals surface area contributed by atoms with Gasteiger partial charge in [0.2, 0.25) is 0 Å². The zero-order valence-electron chi connectivity index (χ0n) is 28.8. The summed E-state index contributed by atoms with van der Waals surface area (Å²) in [6, 6.07) is 0. The third-order valence-corrected chi connectivity index (χ3v) is 8.68. The van der Waals surface area contributed by atoms with Crippen LogP contribution in [0.4, 0.5) is 0 Å². The highest BCUT2D eigenvalue weighted by Gasteiger charge is 2.05. The maximum Gasteiger partial charge on any atom is 0.305 e. The summed E-state index contributed by atoms with van der Waals surface area (Å²) in [6.07, 6.45) is 36.6. The van der Waals surface area contributed by atoms with E-state index in [0.717, 1.165) is 31.6 Å². The number of unbranched alkanes of at least 4 members (excludes halogenated alkanes) is 22. The van der Waals surface area contributed by atoms with Crippen LogP contribution in [0.3, 0.4) is 0 Å². The van der Waals surface area contributed by atoms with Crippen molar-refractivity contribution in [1.82, 2.24) is 0 Å². The van der Waals surface area contributed by atoms with E-state index in [0.29, 0.717) is 26.1 Å². The van der Waals surface area contributed by atoms with Crippen molar-refractivity contribution in [3.8, 4) is 0 Å². The van der Waals surface area contributed by atoms with Crippen LogP contribution in [0.5, 0.6) is 0 Å². The summed E-state index contributed by atoms with van der Waals surface area (Å²) in [5, 5.41) is 0. The van der Waals surface area contributed by atoms with Crippen LogP contribution < -0.4 is 0 Å². The largest absolute Gasteiger partial charge is 0.466 e. The molecule has 42 heavy (non-hydrogen) atoms. The van der Waals surface area contributed by atoms with E-state index in [9.17, 15) is 9.59 Å². The predicted molar refractivity (Wildman–Crippen MR) is 181 cm³/mol. The average Bonchev–Trinajstić information content (AvgIpc) is 2.98. The summed E-state index contributed by atoms with van der Waals surface area (Å²) >= 11 is 0. The molecule has 250 valence electrons. The van der Waals surface area contributed by atoms with Crippen LogP contribution in [0.1, 0.15) is 213 Å². The number of hydrogen-bond acceptors (Lipinski definition) is 4. The first-order valence-electron chi connectivity index (χ1n) is 18.9. The summed E-state index contributed by atoms with van der Waals surface area (Å²) in [6.45, 7) is 8.07. The van der Waals surface area contributed by atoms with Gasteiger partial charge < -0.3 is 9.47 Å². The first-order valence-corrected chi connectivity index (χ1v) is 18.9. The van der Waals surface area contributed by atoms with Crippen LogP contribution in [0, 0.1) is 5.92 Å². The van der Waals surface area contributed by atoms with E-state index in [1.54, 1.807) is 0 Å². The van der Waals surface area contributed by atoms with Gasteiger partial charge >= 0.3 is 11.9 Å². The van der Waals surface area contributed by atoms with Gasteiger partial charge in [0, 0.05) is 12.8 Å². The van der Waals surface area contributed by atoms with Gasteiger partial charge in [-0.25, -0.2) is 0 Å². The molecule has 0 bridgehead atoms. The Bertz CT molecular complexity index is 513. The zero-order valence-corrected chi connectivity index (χ0v) is 28.8. The molecule has 0 aromatic heterocycles. The fourth-order valence-electron chi connectivity index (χ4n) is 5.72. The number of rotatable bonds is 34. The van der Waals surface area contributed by atoms with Gasteiger partial charge in [-0.3, -0.25) is 9.59 Å². The lowest BCUT2D eigenvalue weighted by molar-refractivity contribution is -0.144. The lowest BCUT2D eigenvalue weighted by Crippen LogP contribution is -2.05. The van der Waals surface area contributed by atoms with Crippen molar-refractivity contribution in [3.63, 3.8) is 0 Å². The molecule has 0 atom stereocenters. The van der Waals surface area contributed by atoms with Crippen molar-refractivity contribution in [1.29, 1.82) is 0 Å². The van der Waals surface area contributed by atoms with Gasteiger partial charge in [0.1, 0.15) is 0 Å². The highest BCUT2D eigenvalue weighted by atomic mass is 16.5. The smallest absolute Gasteiger partial charge is 0.305 e. The molecule has 0 amide bonds. The van der Waals surface area contributed by atoms with Gasteiger partial charge in [0.25, 0.3) is 0 Å². The van der Waals surface area contributed by atoms with Crippen LogP contribution in [-0.2, 0) is 19.1 Å². The SMILES string of the molecule is CCCCCCOC(=O)CCCCCCCCCCCC(C)CCCCCCCCCCCC(=O)OCCCCCC. The van der Waals surface area contributed by atoms with Crippen LogP contribution in [0.25, 0.3) is 0 Å². The number of esters is 2. The van der Waals surface area contributed by atoms with Crippen molar-refractivity contribution in [2.24, 2.45) is 5.92 Å². The van der Waals surface area contributed by atoms with E-state index < -0.39 is 0 Å². The molecule has 0 radical (unpaired) electrons. The molecule has 0 aromatic carbocycles. The Morgan fingerprint density at radius 1 is 0.405 bits per heavy atom. The molecular weight excluding hydrogens is 520 g/mol. The maximum absolute atomic E-state index is 11.7. The summed E-state index contributed by atoms with van der Waals surface area (Å²) < 4.78 is 10.6. The lowest BCUT2D eigenvalue weighted by atomic mass is 9.95. The van der Waals surface area contributed by atoms with Crippen LogP contribution in [-0.4, -0.2) is 25.2 Å². The van der Waals surface area contributed by atoms with E-state index in [1.807, 2.05) is 0 Å². The van der Waals surface area contributed by atoms with Crippen LogP contribution in [0.15, 0.2) is 0 Å². The lowest BCUT2D eigenvalue weighted by Gasteiger charge is -2.11. The van der Waals surface area contributed by atoms with Crippen molar-refractivity contribution in [2.75, 3.05) is 13.2 Å². The molecule has 0 heterocycles. The monoisotopic (exact) mass is 595 g/mol. The Morgan fingerprint density at radius 2 is 0.690 bits per heavy atom. The first kappa shape index (κ1) is 40.9. The molecule has 0 aliphatic rings. The minimum atomic E-state index is 0.00347. The number of hydrogen-bond donors (Lipinski definition) is 0. The molecule has 0 fully saturated rings. The highest BCUT2D eigenvalue weighted by molar-refractivity contribution is 5.69. The van der Waals surface area contributed by atoms with E-state index in [-0.39, 0.29) is 11.9 Å². The van der Waals surface area contributed by atoms with Gasteiger partial charge in [-0.15, -0.1) is 0 Å². The second-order valence-electron chi connectivity index (χ2n) is 13.1. The van der Waals surface area contributed by atoms with Gasteiger partial charge in [-0.1, -0.05) is 175 Å². The number of carbonyl (C=O) groups is 2. The average molecular weight is 595 g/mol. The van der Waals surface area contributed by atoms with E-state index >= 15 is 0 Å². The summed E-state index contributed by atoms with van der Waals surface area (Å²) in [7, 11) is 0. The van der Waals surface area contributed by atoms with E-state index in [2.05, 4.69) is 20.8 Å². The molecule has 0 saturated heterocycles. The summed E-state index contributed by atoms with van der Waals surface area (Å²) in [5.74, 6) is 0.892. The number of carbonyl (C=O) groups excluding carboxylic acids is 2. The Labute approximate surface area is 263 Å². The van der Waals surface area contributed by atoms with Crippen molar-refractivity contribution in [3.05, 3.63) is 0 Å². The Morgan fingerprint density at radius 3 is 1.02 bits per heavy atom. The second kappa shape index (κ2) is 34.4. The van der Waals surface area contributed by atoms with E-state index in [4.69, 9.17) is 9.47 Å². The summed E-state index contributed by atoms with van der Waals surface area (Å²) in [4.78, 5) is 23.5.